The number of hydrogen-bond donors (Lipinski definition) is 4. The van der Waals surface area contributed by atoms with Crippen LogP contribution in [-0.2, 0) is 0 Å². The monoisotopic (exact) mass is 223 g/mol. The molecule has 0 aliphatic heterocycles. The lowest BCUT2D eigenvalue weighted by atomic mass is 10.2. The zero-order chi connectivity index (χ0) is 12.0. The van der Waals surface area contributed by atoms with Crippen LogP contribution in [-0.4, -0.2) is 35.3 Å². The Balaban J connectivity index is 2.65. The minimum Gasteiger partial charge on any atom is -0.478 e. The Kier molecular flexibility index (Phi) is 4.28. The highest BCUT2D eigenvalue weighted by molar-refractivity contribution is 5.93. The van der Waals surface area contributed by atoms with E-state index in [9.17, 15) is 4.79 Å². The second-order valence-corrected chi connectivity index (χ2v) is 3.00. The first-order valence-corrected chi connectivity index (χ1v) is 4.64. The first kappa shape index (κ1) is 12.0. The zero-order valence-electron chi connectivity index (χ0n) is 8.55. The molecule has 0 radical (unpaired) electrons. The molecule has 0 unspecified atom stereocenters. The summed E-state index contributed by atoms with van der Waals surface area (Å²) in [6.45, 7) is 0.159. The smallest absolute Gasteiger partial charge is 0.335 e. The fraction of sp³-hybridized carbons (Fsp3) is 0.200. The molecular weight excluding hydrogens is 210 g/mol. The van der Waals surface area contributed by atoms with E-state index in [0.717, 1.165) is 0 Å². The predicted octanol–water partition coefficient (Wildman–Crippen LogP) is 0.104. The van der Waals surface area contributed by atoms with Crippen LogP contribution in [0.3, 0.4) is 0 Å². The van der Waals surface area contributed by atoms with Gasteiger partial charge >= 0.3 is 5.97 Å². The molecule has 1 rings (SSSR count). The summed E-state index contributed by atoms with van der Waals surface area (Å²) >= 11 is 0. The third-order valence-electron chi connectivity index (χ3n) is 1.79. The van der Waals surface area contributed by atoms with E-state index in [0.29, 0.717) is 5.69 Å². The lowest BCUT2D eigenvalue weighted by Gasteiger charge is -2.05. The maximum absolute atomic E-state index is 10.6. The Bertz CT molecular complexity index is 387. The molecule has 1 aromatic rings. The van der Waals surface area contributed by atoms with Crippen LogP contribution < -0.4 is 11.1 Å². The molecule has 5 N–H and O–H groups in total. The summed E-state index contributed by atoms with van der Waals surface area (Å²) in [5.41, 5.74) is 6.35. The maximum Gasteiger partial charge on any atom is 0.335 e. The maximum atomic E-state index is 10.6. The molecule has 0 bridgehead atoms. The summed E-state index contributed by atoms with van der Waals surface area (Å²) in [4.78, 5) is 14.4. The minimum absolute atomic E-state index is 0.0691. The average molecular weight is 223 g/mol. The van der Waals surface area contributed by atoms with Crippen LogP contribution in [0.5, 0.6) is 0 Å². The number of benzene rings is 1. The molecule has 0 saturated carbocycles. The van der Waals surface area contributed by atoms with Crippen molar-refractivity contribution in [3.63, 3.8) is 0 Å². The van der Waals surface area contributed by atoms with E-state index >= 15 is 0 Å². The second kappa shape index (κ2) is 5.72. The molecule has 0 spiro atoms. The van der Waals surface area contributed by atoms with Crippen LogP contribution in [0.25, 0.3) is 0 Å². The molecule has 0 aliphatic rings. The number of nitrogens with zero attached hydrogens (tertiary/aromatic N) is 1. The quantitative estimate of drug-likeness (QED) is 0.428. The number of rotatable bonds is 4. The number of carboxylic acid groups (broad SMARTS) is 1. The zero-order valence-corrected chi connectivity index (χ0v) is 8.55. The molecule has 6 heteroatoms. The molecule has 0 amide bonds. The molecular formula is C10H13N3O3. The van der Waals surface area contributed by atoms with Crippen molar-refractivity contribution in [2.24, 2.45) is 10.7 Å². The Morgan fingerprint density at radius 3 is 2.50 bits per heavy atom. The third kappa shape index (κ3) is 3.58. The Morgan fingerprint density at radius 2 is 2.00 bits per heavy atom. The molecule has 0 aromatic heterocycles. The SMILES string of the molecule is NC(=NCCO)Nc1ccc(C(=O)O)cc1. The van der Waals surface area contributed by atoms with E-state index in [-0.39, 0.29) is 24.7 Å². The highest BCUT2D eigenvalue weighted by Crippen LogP contribution is 2.08. The fourth-order valence-electron chi connectivity index (χ4n) is 1.05. The van der Waals surface area contributed by atoms with Gasteiger partial charge in [-0.25, -0.2) is 4.79 Å². The number of nitrogens with one attached hydrogen (secondary N) is 1. The van der Waals surface area contributed by atoms with Crippen molar-refractivity contribution in [3.05, 3.63) is 29.8 Å². The van der Waals surface area contributed by atoms with Gasteiger partial charge in [-0.1, -0.05) is 0 Å². The second-order valence-electron chi connectivity index (χ2n) is 3.00. The van der Waals surface area contributed by atoms with Crippen molar-refractivity contribution in [3.8, 4) is 0 Å². The molecule has 16 heavy (non-hydrogen) atoms. The number of aliphatic hydroxyl groups is 1. The van der Waals surface area contributed by atoms with Gasteiger partial charge in [-0.15, -0.1) is 0 Å². The molecule has 0 atom stereocenters. The highest BCUT2D eigenvalue weighted by Gasteiger charge is 2.01. The van der Waals surface area contributed by atoms with Crippen molar-refractivity contribution in [1.82, 2.24) is 0 Å². The topological polar surface area (TPSA) is 108 Å². The fourth-order valence-corrected chi connectivity index (χ4v) is 1.05. The van der Waals surface area contributed by atoms with Crippen molar-refractivity contribution in [1.29, 1.82) is 0 Å². The Morgan fingerprint density at radius 1 is 1.38 bits per heavy atom. The summed E-state index contributed by atoms with van der Waals surface area (Å²) in [5, 5.41) is 20.0. The number of carboxylic acids is 1. The van der Waals surface area contributed by atoms with Crippen LogP contribution in [0, 0.1) is 0 Å². The first-order chi connectivity index (χ1) is 7.63. The standard InChI is InChI=1S/C10H13N3O3/c11-10(12-5-6-14)13-8-3-1-7(2-4-8)9(15)16/h1-4,14H,5-6H2,(H,15,16)(H3,11,12,13). The van der Waals surface area contributed by atoms with Gasteiger partial charge in [-0.2, -0.15) is 0 Å². The van der Waals surface area contributed by atoms with Gasteiger partial charge in [0, 0.05) is 5.69 Å². The summed E-state index contributed by atoms with van der Waals surface area (Å²) in [6, 6.07) is 6.10. The number of hydrogen-bond acceptors (Lipinski definition) is 3. The summed E-state index contributed by atoms with van der Waals surface area (Å²) in [6.07, 6.45) is 0. The minimum atomic E-state index is -0.978. The number of aliphatic imine (C=N–C) groups is 1. The Labute approximate surface area is 92.4 Å². The molecule has 0 fully saturated rings. The molecule has 0 saturated heterocycles. The lowest BCUT2D eigenvalue weighted by Crippen LogP contribution is -2.23. The third-order valence-corrected chi connectivity index (χ3v) is 1.79. The van der Waals surface area contributed by atoms with E-state index < -0.39 is 5.97 Å². The van der Waals surface area contributed by atoms with Gasteiger partial charge in [-0.05, 0) is 24.3 Å². The van der Waals surface area contributed by atoms with E-state index in [2.05, 4.69) is 10.3 Å². The number of aliphatic hydroxyl groups excluding tert-OH is 1. The van der Waals surface area contributed by atoms with Gasteiger partial charge < -0.3 is 21.3 Å². The van der Waals surface area contributed by atoms with E-state index in [1.165, 1.54) is 12.1 Å². The summed E-state index contributed by atoms with van der Waals surface area (Å²) in [5.74, 6) is -0.800. The van der Waals surface area contributed by atoms with E-state index in [1.807, 2.05) is 0 Å². The number of nitrogens with two attached hydrogens (primary N) is 1. The van der Waals surface area contributed by atoms with Crippen LogP contribution in [0.2, 0.25) is 0 Å². The summed E-state index contributed by atoms with van der Waals surface area (Å²) < 4.78 is 0. The van der Waals surface area contributed by atoms with Crippen molar-refractivity contribution >= 4 is 17.6 Å². The van der Waals surface area contributed by atoms with Crippen molar-refractivity contribution in [2.45, 2.75) is 0 Å². The molecule has 86 valence electrons. The first-order valence-electron chi connectivity index (χ1n) is 4.64. The van der Waals surface area contributed by atoms with E-state index in [4.69, 9.17) is 15.9 Å². The van der Waals surface area contributed by atoms with Crippen molar-refractivity contribution in [2.75, 3.05) is 18.5 Å². The predicted molar refractivity (Wildman–Crippen MR) is 60.6 cm³/mol. The largest absolute Gasteiger partial charge is 0.478 e. The average Bonchev–Trinajstić information content (AvgIpc) is 2.27. The highest BCUT2D eigenvalue weighted by atomic mass is 16.4. The van der Waals surface area contributed by atoms with Gasteiger partial charge in [-0.3, -0.25) is 4.99 Å². The van der Waals surface area contributed by atoms with E-state index in [1.54, 1.807) is 12.1 Å². The number of carbonyl (C=O) groups is 1. The number of guanidine groups is 1. The van der Waals surface area contributed by atoms with Gasteiger partial charge in [0.25, 0.3) is 0 Å². The number of aromatic carboxylic acids is 1. The molecule has 0 heterocycles. The van der Waals surface area contributed by atoms with Gasteiger partial charge in [0.15, 0.2) is 5.96 Å². The number of anilines is 1. The lowest BCUT2D eigenvalue weighted by molar-refractivity contribution is 0.0697. The van der Waals surface area contributed by atoms with Gasteiger partial charge in [0.1, 0.15) is 0 Å². The normalized spacial score (nSPS) is 11.2. The molecule has 0 aliphatic carbocycles. The molecule has 1 aromatic carbocycles. The van der Waals surface area contributed by atoms with Gasteiger partial charge in [0.2, 0.25) is 0 Å². The van der Waals surface area contributed by atoms with Crippen LogP contribution in [0.15, 0.2) is 29.3 Å². The van der Waals surface area contributed by atoms with Crippen molar-refractivity contribution < 1.29 is 15.0 Å². The van der Waals surface area contributed by atoms with Crippen LogP contribution in [0.1, 0.15) is 10.4 Å². The van der Waals surface area contributed by atoms with Crippen LogP contribution >= 0.6 is 0 Å². The Hall–Kier alpha value is -2.08. The van der Waals surface area contributed by atoms with Crippen LogP contribution in [0.4, 0.5) is 5.69 Å². The van der Waals surface area contributed by atoms with Gasteiger partial charge in [0.05, 0.1) is 18.7 Å². The summed E-state index contributed by atoms with van der Waals surface area (Å²) in [7, 11) is 0. The molecule has 6 nitrogen and oxygen atoms in total.